The minimum Gasteiger partial charge on any atom is -0.322 e. The van der Waals surface area contributed by atoms with Crippen molar-refractivity contribution in [1.29, 1.82) is 0 Å². The van der Waals surface area contributed by atoms with Gasteiger partial charge in [-0.05, 0) is 42.8 Å². The van der Waals surface area contributed by atoms with Crippen molar-refractivity contribution in [1.82, 2.24) is 9.38 Å². The number of carbonyl (C=O) groups excluding carboxylic acids is 1. The fourth-order valence-corrected chi connectivity index (χ4v) is 3.67. The Morgan fingerprint density at radius 3 is 2.41 bits per heavy atom. The van der Waals surface area contributed by atoms with E-state index in [-0.39, 0.29) is 11.5 Å². The van der Waals surface area contributed by atoms with Crippen LogP contribution < -0.4 is 10.9 Å². The van der Waals surface area contributed by atoms with Crippen molar-refractivity contribution in [2.45, 2.75) is 6.92 Å². The number of nitrogens with zero attached hydrogens (tertiary/aromatic N) is 2. The van der Waals surface area contributed by atoms with Gasteiger partial charge in [0.25, 0.3) is 11.5 Å². The van der Waals surface area contributed by atoms with E-state index in [0.29, 0.717) is 33.0 Å². The average molecular weight is 379 g/mol. The molecule has 0 radical (unpaired) electrons. The van der Waals surface area contributed by atoms with E-state index in [2.05, 4.69) is 10.3 Å². The zero-order chi connectivity index (χ0) is 20.0. The number of nitrogens with one attached hydrogen (secondary N) is 1. The summed E-state index contributed by atoms with van der Waals surface area (Å²) in [4.78, 5) is 30.9. The first-order chi connectivity index (χ1) is 14.1. The number of hydrogen-bond donors (Lipinski definition) is 1. The van der Waals surface area contributed by atoms with Crippen LogP contribution in [-0.4, -0.2) is 15.3 Å². The third-order valence-electron chi connectivity index (χ3n) is 5.15. The molecule has 5 heteroatoms. The lowest BCUT2D eigenvalue weighted by Crippen LogP contribution is -2.19. The molecule has 0 aliphatic rings. The molecule has 2 heterocycles. The number of aryl methyl sites for hydroxylation is 1. The van der Waals surface area contributed by atoms with E-state index in [4.69, 9.17) is 0 Å². The molecule has 5 nitrogen and oxygen atoms in total. The Bertz CT molecular complexity index is 1480. The van der Waals surface area contributed by atoms with Crippen LogP contribution in [0.4, 0.5) is 5.69 Å². The van der Waals surface area contributed by atoms with Crippen molar-refractivity contribution in [3.8, 4) is 0 Å². The van der Waals surface area contributed by atoms with Crippen molar-refractivity contribution < 1.29 is 4.79 Å². The van der Waals surface area contributed by atoms with Crippen molar-refractivity contribution >= 4 is 39.0 Å². The maximum absolute atomic E-state index is 13.1. The molecule has 1 N–H and O–H groups in total. The van der Waals surface area contributed by atoms with E-state index >= 15 is 0 Å². The summed E-state index contributed by atoms with van der Waals surface area (Å²) in [6.45, 7) is 1.95. The summed E-state index contributed by atoms with van der Waals surface area (Å²) in [6, 6.07) is 24.0. The smallest absolute Gasteiger partial charge is 0.266 e. The minimum absolute atomic E-state index is 0.146. The van der Waals surface area contributed by atoms with Crippen LogP contribution in [0.2, 0.25) is 0 Å². The summed E-state index contributed by atoms with van der Waals surface area (Å²) in [5.74, 6) is -0.236. The molecule has 3 aromatic carbocycles. The highest BCUT2D eigenvalue weighted by Crippen LogP contribution is 2.23. The summed E-state index contributed by atoms with van der Waals surface area (Å²) < 4.78 is 1.57. The predicted octanol–water partition coefficient (Wildman–Crippen LogP) is 4.56. The first-order valence-electron chi connectivity index (χ1n) is 9.34. The van der Waals surface area contributed by atoms with Gasteiger partial charge in [-0.15, -0.1) is 0 Å². The van der Waals surface area contributed by atoms with E-state index in [9.17, 15) is 9.59 Å². The number of rotatable bonds is 2. The van der Waals surface area contributed by atoms with Gasteiger partial charge in [-0.25, -0.2) is 4.98 Å². The van der Waals surface area contributed by atoms with Gasteiger partial charge in [-0.1, -0.05) is 48.5 Å². The Hall–Kier alpha value is -3.99. The van der Waals surface area contributed by atoms with Gasteiger partial charge in [-0.3, -0.25) is 14.0 Å². The number of anilines is 1. The van der Waals surface area contributed by atoms with E-state index in [1.54, 1.807) is 22.6 Å². The molecular weight excluding hydrogens is 362 g/mol. The maximum atomic E-state index is 13.1. The molecule has 0 saturated carbocycles. The summed E-state index contributed by atoms with van der Waals surface area (Å²) in [5, 5.41) is 4.23. The van der Waals surface area contributed by atoms with Crippen LogP contribution >= 0.6 is 0 Å². The molecule has 0 atom stereocenters. The van der Waals surface area contributed by atoms with Crippen LogP contribution in [0.3, 0.4) is 0 Å². The molecule has 0 aliphatic heterocycles. The lowest BCUT2D eigenvalue weighted by Gasteiger charge is -2.13. The van der Waals surface area contributed by atoms with Crippen LogP contribution in [0.25, 0.3) is 27.5 Å². The van der Waals surface area contributed by atoms with Crippen molar-refractivity contribution in [2.24, 2.45) is 0 Å². The molecule has 2 aromatic heterocycles. The highest BCUT2D eigenvalue weighted by Gasteiger charge is 2.16. The number of aromatic nitrogens is 2. The van der Waals surface area contributed by atoms with Gasteiger partial charge in [0, 0.05) is 11.1 Å². The van der Waals surface area contributed by atoms with E-state index < -0.39 is 0 Å². The zero-order valence-corrected chi connectivity index (χ0v) is 15.7. The van der Waals surface area contributed by atoms with Gasteiger partial charge < -0.3 is 5.32 Å². The van der Waals surface area contributed by atoms with Crippen LogP contribution in [-0.2, 0) is 0 Å². The van der Waals surface area contributed by atoms with Crippen LogP contribution in [0.1, 0.15) is 15.9 Å². The van der Waals surface area contributed by atoms with Crippen LogP contribution in [0.5, 0.6) is 0 Å². The van der Waals surface area contributed by atoms with Crippen LogP contribution in [0.15, 0.2) is 83.7 Å². The van der Waals surface area contributed by atoms with Gasteiger partial charge in [0.2, 0.25) is 0 Å². The second kappa shape index (κ2) is 6.56. The van der Waals surface area contributed by atoms with Gasteiger partial charge >= 0.3 is 0 Å². The first kappa shape index (κ1) is 17.1. The SMILES string of the molecule is Cc1ccccc1NC(=O)c1cc2nc3ccccc3c(=O)n2c2ccccc12. The second-order valence-electron chi connectivity index (χ2n) is 6.97. The molecule has 140 valence electrons. The lowest BCUT2D eigenvalue weighted by molar-refractivity contribution is 0.102. The third-order valence-corrected chi connectivity index (χ3v) is 5.15. The molecule has 0 unspecified atom stereocenters. The highest BCUT2D eigenvalue weighted by atomic mass is 16.1. The van der Waals surface area contributed by atoms with E-state index in [0.717, 1.165) is 11.3 Å². The molecule has 5 aromatic rings. The minimum atomic E-state index is -0.236. The summed E-state index contributed by atoms with van der Waals surface area (Å²) >= 11 is 0. The van der Waals surface area contributed by atoms with Gasteiger partial charge in [-0.2, -0.15) is 0 Å². The summed E-state index contributed by atoms with van der Waals surface area (Å²) in [7, 11) is 0. The third kappa shape index (κ3) is 2.75. The fraction of sp³-hybridized carbons (Fsp3) is 0.0417. The standard InChI is InChI=1S/C24H17N3O2/c1-15-8-2-5-11-19(15)26-23(28)18-14-22-25-20-12-6-3-10-17(20)24(29)27(22)21-13-7-4-9-16(18)21/h2-14H,1H3,(H,26,28). The monoisotopic (exact) mass is 379 g/mol. The van der Waals surface area contributed by atoms with Gasteiger partial charge in [0.15, 0.2) is 0 Å². The second-order valence-corrected chi connectivity index (χ2v) is 6.97. The number of pyridine rings is 1. The summed E-state index contributed by atoms with van der Waals surface area (Å²) in [5.41, 5.74) is 3.78. The number of benzene rings is 3. The number of hydrogen-bond acceptors (Lipinski definition) is 3. The summed E-state index contributed by atoms with van der Waals surface area (Å²) in [6.07, 6.45) is 0. The largest absolute Gasteiger partial charge is 0.322 e. The Balaban J connectivity index is 1.79. The molecule has 0 aliphatic carbocycles. The fourth-order valence-electron chi connectivity index (χ4n) is 3.67. The Morgan fingerprint density at radius 1 is 0.897 bits per heavy atom. The molecule has 5 rings (SSSR count). The topological polar surface area (TPSA) is 63.5 Å². The quantitative estimate of drug-likeness (QED) is 0.361. The molecule has 0 saturated heterocycles. The highest BCUT2D eigenvalue weighted by molar-refractivity contribution is 6.13. The van der Waals surface area contributed by atoms with E-state index in [1.807, 2.05) is 67.6 Å². The predicted molar refractivity (Wildman–Crippen MR) is 116 cm³/mol. The van der Waals surface area contributed by atoms with Crippen molar-refractivity contribution in [3.05, 3.63) is 100 Å². The Labute approximate surface area is 166 Å². The molecule has 0 fully saturated rings. The lowest BCUT2D eigenvalue weighted by atomic mass is 10.1. The average Bonchev–Trinajstić information content (AvgIpc) is 2.74. The molecule has 29 heavy (non-hydrogen) atoms. The first-order valence-corrected chi connectivity index (χ1v) is 9.34. The van der Waals surface area contributed by atoms with Crippen LogP contribution in [0, 0.1) is 6.92 Å². The Kier molecular flexibility index (Phi) is 3.88. The van der Waals surface area contributed by atoms with E-state index in [1.165, 1.54) is 0 Å². The van der Waals surface area contributed by atoms with Crippen molar-refractivity contribution in [3.63, 3.8) is 0 Å². The van der Waals surface area contributed by atoms with Gasteiger partial charge in [0.05, 0.1) is 22.0 Å². The number of amides is 1. The number of carbonyl (C=O) groups is 1. The normalized spacial score (nSPS) is 11.2. The van der Waals surface area contributed by atoms with Gasteiger partial charge in [0.1, 0.15) is 5.65 Å². The van der Waals surface area contributed by atoms with Crippen molar-refractivity contribution in [2.75, 3.05) is 5.32 Å². The molecular formula is C24H17N3O2. The zero-order valence-electron chi connectivity index (χ0n) is 15.7. The number of para-hydroxylation sites is 3. The molecule has 0 bridgehead atoms. The molecule has 1 amide bonds. The Morgan fingerprint density at radius 2 is 1.59 bits per heavy atom. The number of fused-ring (bicyclic) bond motifs is 4. The maximum Gasteiger partial charge on any atom is 0.266 e. The molecule has 0 spiro atoms.